The second-order valence-corrected chi connectivity index (χ2v) is 7.49. The minimum absolute atomic E-state index is 0.559. The van der Waals surface area contributed by atoms with Gasteiger partial charge in [-0.25, -0.2) is 0 Å². The van der Waals surface area contributed by atoms with Gasteiger partial charge in [-0.15, -0.1) is 0 Å². The molecule has 1 nitrogen and oxygen atoms in total. The SMILES string of the molecule is c1ccc([Se]C[C@@H]2C[C@@H]3CCCC[C@H]3O2)cc1. The Balaban J connectivity index is 1.50. The van der Waals surface area contributed by atoms with Crippen LogP contribution in [0.5, 0.6) is 0 Å². The molecule has 0 unspecified atom stereocenters. The van der Waals surface area contributed by atoms with E-state index in [1.54, 1.807) is 0 Å². The average molecular weight is 295 g/mol. The second kappa shape index (κ2) is 5.56. The average Bonchev–Trinajstić information content (AvgIpc) is 2.80. The topological polar surface area (TPSA) is 9.23 Å². The molecule has 1 aliphatic carbocycles. The van der Waals surface area contributed by atoms with Gasteiger partial charge >= 0.3 is 110 Å². The van der Waals surface area contributed by atoms with Crippen LogP contribution in [-0.2, 0) is 4.74 Å². The van der Waals surface area contributed by atoms with Gasteiger partial charge in [0, 0.05) is 0 Å². The fraction of sp³-hybridized carbons (Fsp3) is 0.600. The van der Waals surface area contributed by atoms with Crippen LogP contribution >= 0.6 is 0 Å². The monoisotopic (exact) mass is 296 g/mol. The summed E-state index contributed by atoms with van der Waals surface area (Å²) in [6.07, 6.45) is 8.06. The maximum atomic E-state index is 6.20. The van der Waals surface area contributed by atoms with Gasteiger partial charge in [0.2, 0.25) is 0 Å². The fourth-order valence-corrected chi connectivity index (χ4v) is 5.05. The Kier molecular flexibility index (Phi) is 3.85. The van der Waals surface area contributed by atoms with E-state index in [1.807, 2.05) is 0 Å². The van der Waals surface area contributed by atoms with Gasteiger partial charge in [-0.05, 0) is 0 Å². The van der Waals surface area contributed by atoms with Crippen molar-refractivity contribution in [2.75, 3.05) is 0 Å². The van der Waals surface area contributed by atoms with Crippen LogP contribution < -0.4 is 4.46 Å². The van der Waals surface area contributed by atoms with E-state index in [0.717, 1.165) is 5.92 Å². The number of rotatable bonds is 3. The Bertz CT molecular complexity index is 337. The molecule has 1 aromatic rings. The van der Waals surface area contributed by atoms with Crippen LogP contribution in [0.25, 0.3) is 0 Å². The molecule has 92 valence electrons. The van der Waals surface area contributed by atoms with Crippen molar-refractivity contribution in [3.63, 3.8) is 0 Å². The van der Waals surface area contributed by atoms with Crippen molar-refractivity contribution in [2.45, 2.75) is 49.6 Å². The molecule has 2 heteroatoms. The summed E-state index contributed by atoms with van der Waals surface area (Å²) in [4.78, 5) is 0. The van der Waals surface area contributed by atoms with Gasteiger partial charge < -0.3 is 0 Å². The van der Waals surface area contributed by atoms with Crippen LogP contribution in [-0.4, -0.2) is 27.2 Å². The number of fused-ring (bicyclic) bond motifs is 1. The van der Waals surface area contributed by atoms with Crippen LogP contribution in [0.15, 0.2) is 30.3 Å². The molecular formula is C15H20OSe. The van der Waals surface area contributed by atoms with Crippen LogP contribution in [0.3, 0.4) is 0 Å². The maximum absolute atomic E-state index is 6.20. The first kappa shape index (κ1) is 11.8. The van der Waals surface area contributed by atoms with Gasteiger partial charge in [-0.1, -0.05) is 0 Å². The molecule has 2 fully saturated rings. The Morgan fingerprint density at radius 1 is 1.12 bits per heavy atom. The summed E-state index contributed by atoms with van der Waals surface area (Å²) < 4.78 is 7.72. The summed E-state index contributed by atoms with van der Waals surface area (Å²) in [5.74, 6) is 0.889. The molecule has 0 amide bonds. The van der Waals surface area contributed by atoms with Crippen LogP contribution in [0.4, 0.5) is 0 Å². The minimum atomic E-state index is 0.559. The summed E-state index contributed by atoms with van der Waals surface area (Å²) in [5.41, 5.74) is 0. The zero-order chi connectivity index (χ0) is 11.5. The Morgan fingerprint density at radius 2 is 1.94 bits per heavy atom. The van der Waals surface area contributed by atoms with Crippen LogP contribution in [0, 0.1) is 5.92 Å². The third-order valence-electron chi connectivity index (χ3n) is 3.95. The van der Waals surface area contributed by atoms with Crippen molar-refractivity contribution in [3.8, 4) is 0 Å². The van der Waals surface area contributed by atoms with Gasteiger partial charge in [0.1, 0.15) is 0 Å². The Labute approximate surface area is 110 Å². The third kappa shape index (κ3) is 2.93. The molecule has 17 heavy (non-hydrogen) atoms. The van der Waals surface area contributed by atoms with Gasteiger partial charge in [-0.2, -0.15) is 0 Å². The number of hydrogen-bond acceptors (Lipinski definition) is 1. The predicted octanol–water partition coefficient (Wildman–Crippen LogP) is 2.78. The number of hydrogen-bond donors (Lipinski definition) is 0. The first-order chi connectivity index (χ1) is 8.42. The van der Waals surface area contributed by atoms with Crippen molar-refractivity contribution >= 4 is 19.4 Å². The molecule has 0 bridgehead atoms. The van der Waals surface area contributed by atoms with Gasteiger partial charge in [-0.3, -0.25) is 0 Å². The van der Waals surface area contributed by atoms with Crippen molar-refractivity contribution in [2.24, 2.45) is 5.92 Å². The molecule has 3 rings (SSSR count). The molecule has 1 aromatic carbocycles. The van der Waals surface area contributed by atoms with Crippen LogP contribution in [0.2, 0.25) is 5.32 Å². The van der Waals surface area contributed by atoms with E-state index in [4.69, 9.17) is 4.74 Å². The fourth-order valence-electron chi connectivity index (χ4n) is 3.08. The molecule has 0 radical (unpaired) electrons. The van der Waals surface area contributed by atoms with Crippen LogP contribution in [0.1, 0.15) is 32.1 Å². The summed E-state index contributed by atoms with van der Waals surface area (Å²) in [6, 6.07) is 10.9. The van der Waals surface area contributed by atoms with E-state index < -0.39 is 0 Å². The standard InChI is InChI=1S/C15H20OSe/c1-2-7-14(8-3-1)17-11-13-10-12-6-4-5-9-15(12)16-13/h1-3,7-8,12-13,15H,4-6,9-11H2/t12-,13-,15+/m0/s1. The molecule has 1 saturated carbocycles. The zero-order valence-electron chi connectivity index (χ0n) is 10.2. The van der Waals surface area contributed by atoms with E-state index in [-0.39, 0.29) is 0 Å². The third-order valence-corrected chi connectivity index (χ3v) is 6.35. The number of ether oxygens (including phenoxy) is 1. The zero-order valence-corrected chi connectivity index (χ0v) is 11.9. The van der Waals surface area contributed by atoms with Crippen molar-refractivity contribution in [3.05, 3.63) is 30.3 Å². The normalized spacial score (nSPS) is 32.4. The summed E-state index contributed by atoms with van der Waals surface area (Å²) >= 11 is 0.597. The van der Waals surface area contributed by atoms with Crippen molar-refractivity contribution in [1.29, 1.82) is 0 Å². The van der Waals surface area contributed by atoms with E-state index >= 15 is 0 Å². The molecule has 2 aliphatic rings. The van der Waals surface area contributed by atoms with E-state index in [0.29, 0.717) is 27.2 Å². The molecule has 1 saturated heterocycles. The van der Waals surface area contributed by atoms with Gasteiger partial charge in [0.25, 0.3) is 0 Å². The Hall–Kier alpha value is -0.301. The van der Waals surface area contributed by atoms with E-state index in [2.05, 4.69) is 30.3 Å². The first-order valence-electron chi connectivity index (χ1n) is 6.75. The van der Waals surface area contributed by atoms with Gasteiger partial charge in [0.05, 0.1) is 0 Å². The molecule has 0 N–H and O–H groups in total. The molecule has 1 heterocycles. The van der Waals surface area contributed by atoms with Crippen molar-refractivity contribution in [1.82, 2.24) is 0 Å². The predicted molar refractivity (Wildman–Crippen MR) is 71.9 cm³/mol. The Morgan fingerprint density at radius 3 is 2.76 bits per heavy atom. The van der Waals surface area contributed by atoms with Gasteiger partial charge in [0.15, 0.2) is 0 Å². The first-order valence-corrected chi connectivity index (χ1v) is 8.82. The molecule has 0 aromatic heterocycles. The molecule has 1 aliphatic heterocycles. The van der Waals surface area contributed by atoms with E-state index in [9.17, 15) is 0 Å². The molecular weight excluding hydrogens is 275 g/mol. The number of benzene rings is 1. The quantitative estimate of drug-likeness (QED) is 0.779. The summed E-state index contributed by atoms with van der Waals surface area (Å²) in [6.45, 7) is 0. The van der Waals surface area contributed by atoms with Crippen molar-refractivity contribution < 1.29 is 4.74 Å². The molecule has 0 spiro atoms. The summed E-state index contributed by atoms with van der Waals surface area (Å²) in [7, 11) is 0. The summed E-state index contributed by atoms with van der Waals surface area (Å²) in [5, 5.41) is 1.27. The second-order valence-electron chi connectivity index (χ2n) is 5.20. The molecule has 3 atom stereocenters. The van der Waals surface area contributed by atoms with E-state index in [1.165, 1.54) is 41.9 Å².